The Morgan fingerprint density at radius 1 is 0.340 bits per heavy atom. The summed E-state index contributed by atoms with van der Waals surface area (Å²) < 4.78 is 6.59. The van der Waals surface area contributed by atoms with E-state index in [1.807, 2.05) is 42.5 Å². The molecular weight excluding hydrogens is 574 g/mol. The Morgan fingerprint density at radius 3 is 1.60 bits per heavy atom. The van der Waals surface area contributed by atoms with E-state index in [1.165, 1.54) is 10.9 Å². The molecule has 4 nitrogen and oxygen atoms in total. The Balaban J connectivity index is 1.13. The second kappa shape index (κ2) is 11.2. The summed E-state index contributed by atoms with van der Waals surface area (Å²) in [4.78, 5) is 14.9. The summed E-state index contributed by atoms with van der Waals surface area (Å²) in [7, 11) is 0. The van der Waals surface area contributed by atoms with Crippen LogP contribution in [-0.2, 0) is 0 Å². The molecule has 47 heavy (non-hydrogen) atoms. The van der Waals surface area contributed by atoms with Crippen LogP contribution in [-0.4, -0.2) is 15.0 Å². The van der Waals surface area contributed by atoms with Gasteiger partial charge in [0.2, 0.25) is 0 Å². The molecule has 0 spiro atoms. The van der Waals surface area contributed by atoms with Crippen molar-refractivity contribution in [2.45, 2.75) is 0 Å². The number of nitrogens with zero attached hydrogens (tertiary/aromatic N) is 3. The number of aromatic nitrogens is 3. The molecule has 7 aromatic carbocycles. The number of fused-ring (bicyclic) bond motifs is 2. The fourth-order valence-electron chi connectivity index (χ4n) is 6.43. The molecule has 220 valence electrons. The lowest BCUT2D eigenvalue weighted by molar-refractivity contribution is 0.489. The maximum atomic E-state index is 6.59. The van der Waals surface area contributed by atoms with Crippen LogP contribution in [0.2, 0.25) is 0 Å². The topological polar surface area (TPSA) is 47.9 Å². The van der Waals surface area contributed by atoms with Gasteiger partial charge in [-0.2, -0.15) is 0 Å². The van der Waals surface area contributed by atoms with E-state index in [4.69, 9.17) is 19.7 Å². The van der Waals surface area contributed by atoms with Crippen LogP contribution in [0.3, 0.4) is 0 Å². The average Bonchev–Trinajstić information content (AvgIpc) is 3.15. The Bertz CT molecular complexity index is 2420. The predicted molar refractivity (Wildman–Crippen MR) is 190 cm³/mol. The largest absolute Gasteiger partial charge is 0.455 e. The standard InChI is InChI=1S/C43H27N3O/c1-3-11-28(12-4-1)33-17-7-18-34(27-33)43-45-41(31-13-5-2-6-14-31)44-42(46-43)32-25-23-29(24-26-32)35-19-10-21-37-36-20-8-15-30-16-9-22-38(39(30)36)47-40(35)37/h1-27H. The quantitative estimate of drug-likeness (QED) is 0.197. The Hall–Kier alpha value is -6.39. The zero-order valence-corrected chi connectivity index (χ0v) is 25.3. The molecule has 8 aromatic rings. The Labute approximate surface area is 272 Å². The minimum atomic E-state index is 0.623. The van der Waals surface area contributed by atoms with E-state index < -0.39 is 0 Å². The molecule has 0 saturated carbocycles. The molecule has 0 saturated heterocycles. The first kappa shape index (κ1) is 27.0. The number of para-hydroxylation sites is 1. The fraction of sp³-hybridized carbons (Fsp3) is 0. The van der Waals surface area contributed by atoms with Crippen LogP contribution < -0.4 is 4.74 Å². The third kappa shape index (κ3) is 4.84. The van der Waals surface area contributed by atoms with Crippen LogP contribution in [0.5, 0.6) is 11.5 Å². The van der Waals surface area contributed by atoms with Crippen molar-refractivity contribution in [2.24, 2.45) is 0 Å². The van der Waals surface area contributed by atoms with Gasteiger partial charge in [-0.3, -0.25) is 0 Å². The molecule has 0 atom stereocenters. The number of rotatable bonds is 5. The smallest absolute Gasteiger partial charge is 0.164 e. The van der Waals surface area contributed by atoms with Crippen LogP contribution in [0.4, 0.5) is 0 Å². The van der Waals surface area contributed by atoms with Crippen molar-refractivity contribution in [3.05, 3.63) is 164 Å². The lowest BCUT2D eigenvalue weighted by Crippen LogP contribution is -2.00. The molecule has 0 N–H and O–H groups in total. The summed E-state index contributed by atoms with van der Waals surface area (Å²) in [6.07, 6.45) is 0. The second-order valence-corrected chi connectivity index (χ2v) is 11.6. The third-order valence-electron chi connectivity index (χ3n) is 8.73. The van der Waals surface area contributed by atoms with Crippen molar-refractivity contribution in [3.63, 3.8) is 0 Å². The fourth-order valence-corrected chi connectivity index (χ4v) is 6.43. The van der Waals surface area contributed by atoms with E-state index in [1.54, 1.807) is 0 Å². The molecule has 0 aliphatic carbocycles. The third-order valence-corrected chi connectivity index (χ3v) is 8.73. The molecule has 0 radical (unpaired) electrons. The van der Waals surface area contributed by atoms with Crippen LogP contribution in [0, 0.1) is 0 Å². The van der Waals surface area contributed by atoms with Crippen molar-refractivity contribution in [2.75, 3.05) is 0 Å². The van der Waals surface area contributed by atoms with Gasteiger partial charge >= 0.3 is 0 Å². The normalized spacial score (nSPS) is 11.6. The minimum Gasteiger partial charge on any atom is -0.455 e. The highest BCUT2D eigenvalue weighted by atomic mass is 16.5. The van der Waals surface area contributed by atoms with Gasteiger partial charge in [-0.15, -0.1) is 0 Å². The van der Waals surface area contributed by atoms with Crippen molar-refractivity contribution >= 4 is 10.8 Å². The van der Waals surface area contributed by atoms with Gasteiger partial charge in [0.15, 0.2) is 17.5 Å². The van der Waals surface area contributed by atoms with E-state index in [0.717, 1.165) is 61.4 Å². The van der Waals surface area contributed by atoms with Gasteiger partial charge in [-0.25, -0.2) is 15.0 Å². The van der Waals surface area contributed by atoms with E-state index in [0.29, 0.717) is 17.5 Å². The molecule has 0 amide bonds. The van der Waals surface area contributed by atoms with E-state index in [-0.39, 0.29) is 0 Å². The molecule has 9 rings (SSSR count). The molecule has 1 aliphatic rings. The zero-order valence-electron chi connectivity index (χ0n) is 25.3. The summed E-state index contributed by atoms with van der Waals surface area (Å²) in [5, 5.41) is 2.34. The number of benzene rings is 7. The SMILES string of the molecule is c1ccc(-c2cccc(-c3nc(-c4ccccc4)nc(-c4ccc(-c5cccc6c5Oc5cccc7cccc-6c57)cc4)n3)c2)cc1. The molecule has 4 heteroatoms. The first-order valence-electron chi connectivity index (χ1n) is 15.7. The summed E-state index contributed by atoms with van der Waals surface area (Å²) >= 11 is 0. The molecule has 0 fully saturated rings. The number of ether oxygens (including phenoxy) is 1. The number of hydrogen-bond donors (Lipinski definition) is 0. The lowest BCUT2D eigenvalue weighted by Gasteiger charge is -2.23. The van der Waals surface area contributed by atoms with Crippen molar-refractivity contribution in [3.8, 4) is 79.0 Å². The molecule has 0 bridgehead atoms. The zero-order chi connectivity index (χ0) is 31.2. The maximum absolute atomic E-state index is 6.59. The highest BCUT2D eigenvalue weighted by Crippen LogP contribution is 2.50. The summed E-state index contributed by atoms with van der Waals surface area (Å²) in [6, 6.07) is 56.2. The van der Waals surface area contributed by atoms with Crippen LogP contribution in [0.15, 0.2) is 164 Å². The van der Waals surface area contributed by atoms with Gasteiger partial charge in [0.05, 0.1) is 0 Å². The summed E-state index contributed by atoms with van der Waals surface area (Å²) in [6.45, 7) is 0. The maximum Gasteiger partial charge on any atom is 0.164 e. The highest BCUT2D eigenvalue weighted by Gasteiger charge is 2.23. The van der Waals surface area contributed by atoms with Crippen LogP contribution in [0.1, 0.15) is 0 Å². The Morgan fingerprint density at radius 2 is 0.851 bits per heavy atom. The lowest BCUT2D eigenvalue weighted by atomic mass is 9.91. The van der Waals surface area contributed by atoms with Crippen molar-refractivity contribution < 1.29 is 4.74 Å². The van der Waals surface area contributed by atoms with E-state index in [9.17, 15) is 0 Å². The molecule has 1 aromatic heterocycles. The Kier molecular flexibility index (Phi) is 6.43. The summed E-state index contributed by atoms with van der Waals surface area (Å²) in [5.74, 6) is 3.65. The highest BCUT2D eigenvalue weighted by molar-refractivity contribution is 6.05. The minimum absolute atomic E-state index is 0.623. The molecule has 1 aliphatic heterocycles. The molecule has 2 heterocycles. The second-order valence-electron chi connectivity index (χ2n) is 11.6. The van der Waals surface area contributed by atoms with E-state index in [2.05, 4.69) is 121 Å². The predicted octanol–water partition coefficient (Wildman–Crippen LogP) is 11.1. The van der Waals surface area contributed by atoms with Crippen molar-refractivity contribution in [1.29, 1.82) is 0 Å². The average molecular weight is 602 g/mol. The van der Waals surface area contributed by atoms with Crippen molar-refractivity contribution in [1.82, 2.24) is 15.0 Å². The van der Waals surface area contributed by atoms with Gasteiger partial charge in [0.25, 0.3) is 0 Å². The first-order chi connectivity index (χ1) is 23.3. The van der Waals surface area contributed by atoms with Gasteiger partial charge in [-0.1, -0.05) is 152 Å². The number of hydrogen-bond acceptors (Lipinski definition) is 4. The molecular formula is C43H27N3O. The van der Waals surface area contributed by atoms with Gasteiger partial charge in [0.1, 0.15) is 11.5 Å². The van der Waals surface area contributed by atoms with Crippen LogP contribution in [0.25, 0.3) is 78.3 Å². The first-order valence-corrected chi connectivity index (χ1v) is 15.7. The van der Waals surface area contributed by atoms with Crippen LogP contribution >= 0.6 is 0 Å². The molecule has 0 unspecified atom stereocenters. The van der Waals surface area contributed by atoms with Gasteiger partial charge < -0.3 is 4.74 Å². The summed E-state index contributed by atoms with van der Waals surface area (Å²) in [5.41, 5.74) is 9.45. The van der Waals surface area contributed by atoms with Gasteiger partial charge in [-0.05, 0) is 39.8 Å². The monoisotopic (exact) mass is 601 g/mol. The van der Waals surface area contributed by atoms with E-state index >= 15 is 0 Å². The van der Waals surface area contributed by atoms with Gasteiger partial charge in [0, 0.05) is 33.2 Å².